The predicted molar refractivity (Wildman–Crippen MR) is 72.8 cm³/mol. The molecule has 0 heterocycles. The van der Waals surface area contributed by atoms with E-state index in [-0.39, 0.29) is 12.1 Å². The summed E-state index contributed by atoms with van der Waals surface area (Å²) < 4.78 is 5.59. The quantitative estimate of drug-likeness (QED) is 0.831. The van der Waals surface area contributed by atoms with Gasteiger partial charge in [0.2, 0.25) is 0 Å². The van der Waals surface area contributed by atoms with Gasteiger partial charge in [-0.3, -0.25) is 0 Å². The Morgan fingerprint density at radius 2 is 1.89 bits per heavy atom. The Labute approximate surface area is 109 Å². The number of ether oxygens (including phenoxy) is 1. The molecule has 0 bridgehead atoms. The van der Waals surface area contributed by atoms with Crippen LogP contribution >= 0.6 is 0 Å². The molecule has 0 amide bonds. The van der Waals surface area contributed by atoms with E-state index >= 15 is 0 Å². The molecule has 1 aliphatic carbocycles. The molecule has 0 aliphatic heterocycles. The number of anilines is 1. The maximum Gasteiger partial charge on any atom is 0.340 e. The summed E-state index contributed by atoms with van der Waals surface area (Å²) in [5.41, 5.74) is 1.45. The van der Waals surface area contributed by atoms with E-state index in [1.807, 2.05) is 25.2 Å². The fraction of sp³-hybridized carbons (Fsp3) is 0.533. The van der Waals surface area contributed by atoms with Crippen LogP contribution in [0, 0.1) is 5.92 Å². The van der Waals surface area contributed by atoms with Crippen molar-refractivity contribution >= 4 is 11.7 Å². The largest absolute Gasteiger partial charge is 0.459 e. The molecular formula is C15H21NO2. The fourth-order valence-electron chi connectivity index (χ4n) is 2.44. The summed E-state index contributed by atoms with van der Waals surface area (Å²) in [6.07, 6.45) is 4.40. The molecule has 0 radical (unpaired) electrons. The number of carbonyl (C=O) groups excluding carboxylic acids is 1. The van der Waals surface area contributed by atoms with E-state index in [0.29, 0.717) is 5.56 Å². The smallest absolute Gasteiger partial charge is 0.340 e. The van der Waals surface area contributed by atoms with Crippen molar-refractivity contribution in [3.05, 3.63) is 29.8 Å². The van der Waals surface area contributed by atoms with E-state index in [4.69, 9.17) is 4.74 Å². The van der Waals surface area contributed by atoms with Gasteiger partial charge in [0.05, 0.1) is 5.56 Å². The van der Waals surface area contributed by atoms with Crippen molar-refractivity contribution in [3.63, 3.8) is 0 Å². The second kappa shape index (κ2) is 5.89. The minimum atomic E-state index is -0.209. The van der Waals surface area contributed by atoms with Crippen LogP contribution in [0.25, 0.3) is 0 Å². The first-order valence-electron chi connectivity index (χ1n) is 6.68. The third kappa shape index (κ3) is 3.03. The molecule has 1 fully saturated rings. The van der Waals surface area contributed by atoms with Crippen LogP contribution in [0.2, 0.25) is 0 Å². The van der Waals surface area contributed by atoms with Crippen LogP contribution in [0.1, 0.15) is 43.0 Å². The standard InChI is InChI=1S/C15H21NO2/c1-11-7-9-12(10-8-11)18-15(17)13-5-3-4-6-14(13)16-2/h3-6,11-12,16H,7-10H2,1-2H3. The Balaban J connectivity index is 1.99. The zero-order chi connectivity index (χ0) is 13.0. The summed E-state index contributed by atoms with van der Waals surface area (Å²) in [6.45, 7) is 2.26. The van der Waals surface area contributed by atoms with Crippen molar-refractivity contribution in [1.82, 2.24) is 0 Å². The lowest BCUT2D eigenvalue weighted by Gasteiger charge is -2.26. The number of hydrogen-bond donors (Lipinski definition) is 1. The molecular weight excluding hydrogens is 226 g/mol. The maximum atomic E-state index is 12.1. The van der Waals surface area contributed by atoms with Crippen LogP contribution in [0.4, 0.5) is 5.69 Å². The van der Waals surface area contributed by atoms with Crippen molar-refractivity contribution in [3.8, 4) is 0 Å². The van der Waals surface area contributed by atoms with Gasteiger partial charge in [0.15, 0.2) is 0 Å². The molecule has 1 N–H and O–H groups in total. The predicted octanol–water partition coefficient (Wildman–Crippen LogP) is 3.46. The third-order valence-corrected chi connectivity index (χ3v) is 3.65. The molecule has 0 aromatic heterocycles. The number of nitrogens with one attached hydrogen (secondary N) is 1. The molecule has 98 valence electrons. The number of carbonyl (C=O) groups is 1. The number of benzene rings is 1. The SMILES string of the molecule is CNc1ccccc1C(=O)OC1CCC(C)CC1. The highest BCUT2D eigenvalue weighted by atomic mass is 16.5. The van der Waals surface area contributed by atoms with E-state index in [0.717, 1.165) is 37.3 Å². The molecule has 2 rings (SSSR count). The first-order chi connectivity index (χ1) is 8.70. The van der Waals surface area contributed by atoms with Crippen LogP contribution < -0.4 is 5.32 Å². The van der Waals surface area contributed by atoms with Crippen LogP contribution in [0.15, 0.2) is 24.3 Å². The molecule has 1 aromatic carbocycles. The Hall–Kier alpha value is -1.51. The lowest BCUT2D eigenvalue weighted by molar-refractivity contribution is 0.0175. The van der Waals surface area contributed by atoms with E-state index < -0.39 is 0 Å². The number of para-hydroxylation sites is 1. The highest BCUT2D eigenvalue weighted by Gasteiger charge is 2.22. The summed E-state index contributed by atoms with van der Waals surface area (Å²) >= 11 is 0. The van der Waals surface area contributed by atoms with Gasteiger partial charge in [0.25, 0.3) is 0 Å². The number of hydrogen-bond acceptors (Lipinski definition) is 3. The summed E-state index contributed by atoms with van der Waals surface area (Å²) in [5, 5.41) is 3.02. The van der Waals surface area contributed by atoms with Crippen molar-refractivity contribution in [2.24, 2.45) is 5.92 Å². The zero-order valence-corrected chi connectivity index (χ0v) is 11.1. The molecule has 0 saturated heterocycles. The fourth-order valence-corrected chi connectivity index (χ4v) is 2.44. The maximum absolute atomic E-state index is 12.1. The molecule has 1 saturated carbocycles. The summed E-state index contributed by atoms with van der Waals surface area (Å²) in [6, 6.07) is 7.46. The van der Waals surface area contributed by atoms with Crippen LogP contribution in [0.3, 0.4) is 0 Å². The first kappa shape index (κ1) is 12.9. The highest BCUT2D eigenvalue weighted by molar-refractivity contribution is 5.95. The summed E-state index contributed by atoms with van der Waals surface area (Å²) in [5.74, 6) is 0.559. The minimum Gasteiger partial charge on any atom is -0.459 e. The second-order valence-electron chi connectivity index (χ2n) is 5.08. The molecule has 0 atom stereocenters. The molecule has 1 aliphatic rings. The summed E-state index contributed by atoms with van der Waals surface area (Å²) in [7, 11) is 1.81. The minimum absolute atomic E-state index is 0.0959. The van der Waals surface area contributed by atoms with E-state index in [1.54, 1.807) is 6.07 Å². The van der Waals surface area contributed by atoms with Crippen LogP contribution in [-0.2, 0) is 4.74 Å². The zero-order valence-electron chi connectivity index (χ0n) is 11.1. The van der Waals surface area contributed by atoms with E-state index in [1.165, 1.54) is 0 Å². The average molecular weight is 247 g/mol. The van der Waals surface area contributed by atoms with Crippen molar-refractivity contribution in [2.75, 3.05) is 12.4 Å². The van der Waals surface area contributed by atoms with Crippen LogP contribution in [0.5, 0.6) is 0 Å². The van der Waals surface area contributed by atoms with Gasteiger partial charge in [0, 0.05) is 12.7 Å². The van der Waals surface area contributed by atoms with Gasteiger partial charge in [-0.1, -0.05) is 19.1 Å². The highest BCUT2D eigenvalue weighted by Crippen LogP contribution is 2.27. The van der Waals surface area contributed by atoms with Gasteiger partial charge in [-0.25, -0.2) is 4.79 Å². The van der Waals surface area contributed by atoms with Gasteiger partial charge < -0.3 is 10.1 Å². The second-order valence-corrected chi connectivity index (χ2v) is 5.08. The molecule has 3 heteroatoms. The lowest BCUT2D eigenvalue weighted by atomic mass is 9.89. The summed E-state index contributed by atoms with van der Waals surface area (Å²) in [4.78, 5) is 12.1. The van der Waals surface area contributed by atoms with Crippen molar-refractivity contribution in [2.45, 2.75) is 38.7 Å². The van der Waals surface area contributed by atoms with Gasteiger partial charge in [-0.05, 0) is 43.7 Å². The third-order valence-electron chi connectivity index (χ3n) is 3.65. The van der Waals surface area contributed by atoms with E-state index in [2.05, 4.69) is 12.2 Å². The topological polar surface area (TPSA) is 38.3 Å². The Morgan fingerprint density at radius 1 is 1.22 bits per heavy atom. The van der Waals surface area contributed by atoms with Crippen molar-refractivity contribution < 1.29 is 9.53 Å². The first-order valence-corrected chi connectivity index (χ1v) is 6.68. The lowest BCUT2D eigenvalue weighted by Crippen LogP contribution is -2.24. The Bertz CT molecular complexity index is 409. The van der Waals surface area contributed by atoms with Gasteiger partial charge in [-0.15, -0.1) is 0 Å². The van der Waals surface area contributed by atoms with Gasteiger partial charge >= 0.3 is 5.97 Å². The number of esters is 1. The Morgan fingerprint density at radius 3 is 2.56 bits per heavy atom. The Kier molecular flexibility index (Phi) is 4.24. The van der Waals surface area contributed by atoms with E-state index in [9.17, 15) is 4.79 Å². The monoisotopic (exact) mass is 247 g/mol. The van der Waals surface area contributed by atoms with Crippen molar-refractivity contribution in [1.29, 1.82) is 0 Å². The van der Waals surface area contributed by atoms with Crippen LogP contribution in [-0.4, -0.2) is 19.1 Å². The number of rotatable bonds is 3. The molecule has 1 aromatic rings. The molecule has 3 nitrogen and oxygen atoms in total. The molecule has 0 spiro atoms. The molecule has 18 heavy (non-hydrogen) atoms. The molecule has 0 unspecified atom stereocenters. The average Bonchev–Trinajstić information content (AvgIpc) is 2.41. The van der Waals surface area contributed by atoms with Gasteiger partial charge in [-0.2, -0.15) is 0 Å². The normalized spacial score (nSPS) is 23.4. The van der Waals surface area contributed by atoms with Gasteiger partial charge in [0.1, 0.15) is 6.10 Å².